The number of phosphoric ester groups is 1. The molecule has 2 unspecified atom stereocenters. The van der Waals surface area contributed by atoms with E-state index in [-0.39, 0.29) is 25.6 Å². The number of ether oxygens (including phenoxy) is 2. The maximum Gasteiger partial charge on any atom is 0.472 e. The van der Waals surface area contributed by atoms with Gasteiger partial charge in [0.2, 0.25) is 0 Å². The summed E-state index contributed by atoms with van der Waals surface area (Å²) in [6.07, 6.45) is 88.7. The first-order chi connectivity index (χ1) is 42.5. The number of phosphoric acid groups is 1. The van der Waals surface area contributed by atoms with Gasteiger partial charge in [0.15, 0.2) is 6.10 Å². The topological polar surface area (TPSA) is 108 Å². The standard InChI is InChI=1S/C77H148NO8P/c1-6-8-10-12-14-16-18-20-22-24-26-28-30-31-32-33-34-35-36-37-38-39-40-41-42-43-44-45-46-48-49-51-53-55-57-59-61-63-65-67-69-76(79)83-73-75(74-85-87(81,82)84-72-71-78(3,4)5)86-77(80)70-68-66-64-62-60-58-56-54-52-50-47-29-27-25-23-21-19-17-15-13-11-9-7-2/h19,21,25,27,47,50,75H,6-18,20,22-24,26,28-46,48-49,51-74H2,1-5H3/p+1/b21-19-,27-25-,50-47-. The van der Waals surface area contributed by atoms with Crippen LogP contribution in [0.2, 0.25) is 0 Å². The van der Waals surface area contributed by atoms with Crippen molar-refractivity contribution >= 4 is 19.8 Å². The van der Waals surface area contributed by atoms with Crippen molar-refractivity contribution in [3.05, 3.63) is 36.5 Å². The third kappa shape index (κ3) is 73.2. The molecule has 10 heteroatoms. The first-order valence-electron chi connectivity index (χ1n) is 38.2. The molecule has 0 aliphatic carbocycles. The molecule has 0 saturated heterocycles. The van der Waals surface area contributed by atoms with Crippen molar-refractivity contribution in [1.29, 1.82) is 0 Å². The van der Waals surface area contributed by atoms with Gasteiger partial charge in [0.05, 0.1) is 27.7 Å². The minimum Gasteiger partial charge on any atom is -0.462 e. The summed E-state index contributed by atoms with van der Waals surface area (Å²) in [6.45, 7) is 4.48. The molecule has 0 saturated carbocycles. The second-order valence-electron chi connectivity index (χ2n) is 27.4. The van der Waals surface area contributed by atoms with Gasteiger partial charge in [0.25, 0.3) is 0 Å². The molecule has 0 aromatic carbocycles. The van der Waals surface area contributed by atoms with Crippen molar-refractivity contribution in [1.82, 2.24) is 0 Å². The summed E-state index contributed by atoms with van der Waals surface area (Å²) in [4.78, 5) is 35.9. The Bertz CT molecular complexity index is 1560. The van der Waals surface area contributed by atoms with Crippen molar-refractivity contribution in [2.24, 2.45) is 0 Å². The predicted octanol–water partition coefficient (Wildman–Crippen LogP) is 25.0. The fourth-order valence-electron chi connectivity index (χ4n) is 11.6. The number of likely N-dealkylation sites (N-methyl/N-ethyl adjacent to an activating group) is 1. The highest BCUT2D eigenvalue weighted by Gasteiger charge is 2.27. The minimum atomic E-state index is -4.39. The van der Waals surface area contributed by atoms with Crippen LogP contribution in [0.25, 0.3) is 0 Å². The largest absolute Gasteiger partial charge is 0.472 e. The van der Waals surface area contributed by atoms with Crippen LogP contribution in [0.1, 0.15) is 393 Å². The van der Waals surface area contributed by atoms with E-state index in [1.165, 1.54) is 302 Å². The molecule has 0 aliphatic rings. The number of carbonyl (C=O) groups is 2. The Hall–Kier alpha value is -1.77. The van der Waals surface area contributed by atoms with Crippen LogP contribution in [0.4, 0.5) is 0 Å². The molecule has 0 radical (unpaired) electrons. The molecule has 0 fully saturated rings. The van der Waals surface area contributed by atoms with Gasteiger partial charge in [-0.25, -0.2) is 4.57 Å². The van der Waals surface area contributed by atoms with Crippen molar-refractivity contribution in [2.75, 3.05) is 47.5 Å². The molecule has 0 aromatic heterocycles. The minimum absolute atomic E-state index is 0.0316. The van der Waals surface area contributed by atoms with Crippen LogP contribution >= 0.6 is 7.82 Å². The summed E-state index contributed by atoms with van der Waals surface area (Å²) >= 11 is 0. The zero-order chi connectivity index (χ0) is 63.4. The first-order valence-corrected chi connectivity index (χ1v) is 39.7. The Kier molecular flexibility index (Phi) is 67.2. The van der Waals surface area contributed by atoms with E-state index in [2.05, 4.69) is 50.3 Å². The van der Waals surface area contributed by atoms with Crippen LogP contribution < -0.4 is 0 Å². The highest BCUT2D eigenvalue weighted by atomic mass is 31.2. The lowest BCUT2D eigenvalue weighted by molar-refractivity contribution is -0.870. The van der Waals surface area contributed by atoms with E-state index in [1.54, 1.807) is 0 Å². The number of allylic oxidation sites excluding steroid dienone is 6. The Morgan fingerprint density at radius 1 is 0.356 bits per heavy atom. The van der Waals surface area contributed by atoms with E-state index >= 15 is 0 Å². The summed E-state index contributed by atoms with van der Waals surface area (Å²) in [5.74, 6) is -0.787. The average Bonchev–Trinajstić information content (AvgIpc) is 3.68. The molecular formula is C77H149NO8P+. The molecule has 0 aliphatic heterocycles. The fourth-order valence-corrected chi connectivity index (χ4v) is 12.3. The van der Waals surface area contributed by atoms with Crippen LogP contribution in [0.15, 0.2) is 36.5 Å². The number of nitrogens with zero attached hydrogens (tertiary/aromatic N) is 1. The van der Waals surface area contributed by atoms with Crippen molar-refractivity contribution in [2.45, 2.75) is 399 Å². The lowest BCUT2D eigenvalue weighted by Crippen LogP contribution is -2.37. The molecule has 514 valence electrons. The molecule has 0 heterocycles. The Morgan fingerprint density at radius 3 is 0.920 bits per heavy atom. The van der Waals surface area contributed by atoms with E-state index in [0.717, 1.165) is 57.8 Å². The highest BCUT2D eigenvalue weighted by molar-refractivity contribution is 7.47. The van der Waals surface area contributed by atoms with Crippen molar-refractivity contribution < 1.29 is 42.1 Å². The van der Waals surface area contributed by atoms with Crippen LogP contribution in [0.5, 0.6) is 0 Å². The molecule has 9 nitrogen and oxygen atoms in total. The molecule has 1 N–H and O–H groups in total. The van der Waals surface area contributed by atoms with E-state index in [1.807, 2.05) is 21.1 Å². The number of quaternary nitrogens is 1. The number of unbranched alkanes of at least 4 members (excludes halogenated alkanes) is 52. The second kappa shape index (κ2) is 68.6. The Balaban J connectivity index is 3.88. The number of carbonyl (C=O) groups excluding carboxylic acids is 2. The van der Waals surface area contributed by atoms with Gasteiger partial charge in [0.1, 0.15) is 19.8 Å². The molecule has 0 aromatic rings. The molecule has 87 heavy (non-hydrogen) atoms. The number of hydrogen-bond donors (Lipinski definition) is 1. The third-order valence-corrected chi connectivity index (χ3v) is 18.4. The van der Waals surface area contributed by atoms with Gasteiger partial charge in [-0.15, -0.1) is 0 Å². The second-order valence-corrected chi connectivity index (χ2v) is 28.9. The van der Waals surface area contributed by atoms with E-state index < -0.39 is 26.5 Å². The van der Waals surface area contributed by atoms with Crippen LogP contribution in [0.3, 0.4) is 0 Å². The van der Waals surface area contributed by atoms with E-state index in [4.69, 9.17) is 18.5 Å². The summed E-state index contributed by atoms with van der Waals surface area (Å²) in [6, 6.07) is 0. The summed E-state index contributed by atoms with van der Waals surface area (Å²) in [7, 11) is 1.49. The number of esters is 2. The van der Waals surface area contributed by atoms with Crippen molar-refractivity contribution in [3.8, 4) is 0 Å². The maximum atomic E-state index is 12.9. The van der Waals surface area contributed by atoms with Crippen LogP contribution in [-0.4, -0.2) is 74.9 Å². The van der Waals surface area contributed by atoms with Gasteiger partial charge in [-0.1, -0.05) is 365 Å². The highest BCUT2D eigenvalue weighted by Crippen LogP contribution is 2.43. The van der Waals surface area contributed by atoms with Gasteiger partial charge in [-0.2, -0.15) is 0 Å². The van der Waals surface area contributed by atoms with Gasteiger partial charge in [-0.3, -0.25) is 18.6 Å². The van der Waals surface area contributed by atoms with Crippen molar-refractivity contribution in [3.63, 3.8) is 0 Å². The predicted molar refractivity (Wildman–Crippen MR) is 377 cm³/mol. The van der Waals surface area contributed by atoms with Gasteiger partial charge in [-0.05, 0) is 51.4 Å². The summed E-state index contributed by atoms with van der Waals surface area (Å²) in [5, 5.41) is 0. The van der Waals surface area contributed by atoms with Crippen LogP contribution in [0, 0.1) is 0 Å². The third-order valence-electron chi connectivity index (χ3n) is 17.4. The first kappa shape index (κ1) is 85.2. The summed E-state index contributed by atoms with van der Waals surface area (Å²) < 4.78 is 34.7. The quantitative estimate of drug-likeness (QED) is 0.0211. The van der Waals surface area contributed by atoms with Gasteiger partial charge >= 0.3 is 19.8 Å². The van der Waals surface area contributed by atoms with Crippen LogP contribution in [-0.2, 0) is 32.7 Å². The Labute approximate surface area is 541 Å². The lowest BCUT2D eigenvalue weighted by atomic mass is 10.0. The molecule has 2 atom stereocenters. The molecule has 0 bridgehead atoms. The van der Waals surface area contributed by atoms with Gasteiger partial charge in [0, 0.05) is 12.8 Å². The van der Waals surface area contributed by atoms with E-state index in [9.17, 15) is 19.0 Å². The zero-order valence-corrected chi connectivity index (χ0v) is 59.7. The molecular weight excluding hydrogens is 1100 g/mol. The SMILES string of the molecule is CCCCCCC/C=C\C/C=C\C/C=C\CCCCCCCCCCC(=O)OC(COC(=O)CCCCCCCCCCCCCCCCCCCCCCCCCCCCCCCCCCCCCCCCCC)COP(=O)(O)OCC[N+](C)(C)C. The fraction of sp³-hybridized carbons (Fsp3) is 0.896. The zero-order valence-electron chi connectivity index (χ0n) is 58.8. The lowest BCUT2D eigenvalue weighted by Gasteiger charge is -2.24. The number of rotatable bonds is 72. The summed E-state index contributed by atoms with van der Waals surface area (Å²) in [5.41, 5.74) is 0. The smallest absolute Gasteiger partial charge is 0.462 e. The monoisotopic (exact) mass is 1250 g/mol. The maximum absolute atomic E-state index is 12.9. The molecule has 0 rings (SSSR count). The average molecular weight is 1250 g/mol. The van der Waals surface area contributed by atoms with E-state index in [0.29, 0.717) is 23.9 Å². The normalized spacial score (nSPS) is 13.2. The molecule has 0 spiro atoms. The van der Waals surface area contributed by atoms with Gasteiger partial charge < -0.3 is 18.9 Å². The number of hydrogen-bond acceptors (Lipinski definition) is 7. The Morgan fingerprint density at radius 2 is 0.621 bits per heavy atom. The molecule has 0 amide bonds.